The zero-order valence-corrected chi connectivity index (χ0v) is 13.3. The van der Waals surface area contributed by atoms with Crippen LogP contribution in [0.1, 0.15) is 43.2 Å². The molecule has 0 radical (unpaired) electrons. The van der Waals surface area contributed by atoms with Crippen LogP contribution >= 0.6 is 0 Å². The minimum atomic E-state index is 0.775. The highest BCUT2D eigenvalue weighted by Gasteiger charge is 2.53. The molecule has 2 nitrogen and oxygen atoms in total. The van der Waals surface area contributed by atoms with Gasteiger partial charge in [0.05, 0.1) is 7.11 Å². The summed E-state index contributed by atoms with van der Waals surface area (Å²) >= 11 is 0. The summed E-state index contributed by atoms with van der Waals surface area (Å²) in [6, 6.07) is 7.33. The van der Waals surface area contributed by atoms with Crippen molar-refractivity contribution in [1.82, 2.24) is 5.32 Å². The van der Waals surface area contributed by atoms with E-state index >= 15 is 0 Å². The number of rotatable bonds is 4. The third-order valence-corrected chi connectivity index (χ3v) is 6.46. The maximum absolute atomic E-state index is 5.35. The highest BCUT2D eigenvalue weighted by molar-refractivity contribution is 5.36. The van der Waals surface area contributed by atoms with E-state index in [9.17, 15) is 0 Å². The van der Waals surface area contributed by atoms with Crippen molar-refractivity contribution in [2.45, 2.75) is 51.6 Å². The Labute approximate surface area is 128 Å². The second kappa shape index (κ2) is 5.31. The fourth-order valence-electron chi connectivity index (χ4n) is 5.60. The largest absolute Gasteiger partial charge is 0.496 e. The number of fused-ring (bicyclic) bond motifs is 5. The number of methoxy groups -OCH3 is 1. The number of ether oxygens (including phenoxy) is 1. The zero-order valence-electron chi connectivity index (χ0n) is 13.3. The van der Waals surface area contributed by atoms with Crippen LogP contribution < -0.4 is 10.1 Å². The Morgan fingerprint density at radius 2 is 2.00 bits per heavy atom. The summed E-state index contributed by atoms with van der Waals surface area (Å²) in [7, 11) is 1.74. The van der Waals surface area contributed by atoms with Crippen LogP contribution in [0.5, 0.6) is 5.75 Å². The number of hydrogen-bond donors (Lipinski definition) is 1. The van der Waals surface area contributed by atoms with Gasteiger partial charge >= 0.3 is 0 Å². The van der Waals surface area contributed by atoms with Crippen LogP contribution in [-0.4, -0.2) is 13.2 Å². The third-order valence-electron chi connectivity index (χ3n) is 6.46. The highest BCUT2D eigenvalue weighted by atomic mass is 16.5. The molecule has 3 aliphatic rings. The molecule has 1 N–H and O–H groups in total. The van der Waals surface area contributed by atoms with Crippen molar-refractivity contribution >= 4 is 0 Å². The van der Waals surface area contributed by atoms with E-state index in [2.05, 4.69) is 30.4 Å². The topological polar surface area (TPSA) is 21.3 Å². The van der Waals surface area contributed by atoms with E-state index in [-0.39, 0.29) is 0 Å². The maximum Gasteiger partial charge on any atom is 0.121 e. The molecule has 5 atom stereocenters. The Bertz CT molecular complexity index is 526. The summed E-state index contributed by atoms with van der Waals surface area (Å²) in [5.74, 6) is 5.15. The van der Waals surface area contributed by atoms with Gasteiger partial charge in [-0.3, -0.25) is 0 Å². The van der Waals surface area contributed by atoms with Gasteiger partial charge < -0.3 is 10.1 Å². The molecule has 5 unspecified atom stereocenters. The molecule has 3 fully saturated rings. The normalized spacial score (nSPS) is 37.0. The average Bonchev–Trinajstić information content (AvgIpc) is 3.17. The average molecular weight is 285 g/mol. The summed E-state index contributed by atoms with van der Waals surface area (Å²) in [6.07, 6.45) is 7.46. The fourth-order valence-corrected chi connectivity index (χ4v) is 5.60. The van der Waals surface area contributed by atoms with Crippen LogP contribution in [-0.2, 0) is 6.54 Å². The van der Waals surface area contributed by atoms with Crippen LogP contribution in [0.4, 0.5) is 0 Å². The van der Waals surface area contributed by atoms with Crippen molar-refractivity contribution in [2.75, 3.05) is 7.11 Å². The van der Waals surface area contributed by atoms with Crippen LogP contribution in [0.15, 0.2) is 18.2 Å². The molecule has 0 amide bonds. The fraction of sp³-hybridized carbons (Fsp3) is 0.684. The Morgan fingerprint density at radius 1 is 1.14 bits per heavy atom. The van der Waals surface area contributed by atoms with Gasteiger partial charge in [0, 0.05) is 12.6 Å². The Hall–Kier alpha value is -1.02. The molecule has 1 aromatic carbocycles. The van der Waals surface area contributed by atoms with Crippen molar-refractivity contribution in [2.24, 2.45) is 23.7 Å². The van der Waals surface area contributed by atoms with E-state index in [0.717, 1.165) is 42.0 Å². The van der Waals surface area contributed by atoms with Gasteiger partial charge in [-0.05, 0) is 73.5 Å². The number of hydrogen-bond acceptors (Lipinski definition) is 2. The zero-order chi connectivity index (χ0) is 14.4. The predicted molar refractivity (Wildman–Crippen MR) is 85.4 cm³/mol. The Morgan fingerprint density at radius 3 is 2.81 bits per heavy atom. The number of benzene rings is 1. The summed E-state index contributed by atoms with van der Waals surface area (Å²) in [5, 5.41) is 3.87. The molecule has 21 heavy (non-hydrogen) atoms. The van der Waals surface area contributed by atoms with Gasteiger partial charge in [-0.15, -0.1) is 0 Å². The van der Waals surface area contributed by atoms with Gasteiger partial charge in [0.25, 0.3) is 0 Å². The minimum absolute atomic E-state index is 0.775. The van der Waals surface area contributed by atoms with Crippen molar-refractivity contribution in [3.63, 3.8) is 0 Å². The molecule has 3 aliphatic carbocycles. The third kappa shape index (κ3) is 2.28. The van der Waals surface area contributed by atoms with Crippen LogP contribution in [0, 0.1) is 30.6 Å². The summed E-state index contributed by atoms with van der Waals surface area (Å²) in [4.78, 5) is 0. The monoisotopic (exact) mass is 285 g/mol. The predicted octanol–water partition coefficient (Wildman–Crippen LogP) is 3.92. The first-order valence-corrected chi connectivity index (χ1v) is 8.63. The van der Waals surface area contributed by atoms with Crippen molar-refractivity contribution in [3.05, 3.63) is 29.3 Å². The summed E-state index contributed by atoms with van der Waals surface area (Å²) < 4.78 is 5.35. The van der Waals surface area contributed by atoms with Crippen LogP contribution in [0.25, 0.3) is 0 Å². The molecule has 114 valence electrons. The van der Waals surface area contributed by atoms with Gasteiger partial charge in [0.15, 0.2) is 0 Å². The first kappa shape index (κ1) is 13.6. The lowest BCUT2D eigenvalue weighted by molar-refractivity contribution is 0.208. The lowest BCUT2D eigenvalue weighted by Crippen LogP contribution is -2.38. The molecule has 2 bridgehead atoms. The lowest BCUT2D eigenvalue weighted by Gasteiger charge is -2.32. The Balaban J connectivity index is 1.39. The second-order valence-corrected chi connectivity index (χ2v) is 7.45. The molecular formula is C19H27NO. The van der Waals surface area contributed by atoms with Gasteiger partial charge in [0.2, 0.25) is 0 Å². The lowest BCUT2D eigenvalue weighted by atomic mass is 9.79. The second-order valence-electron chi connectivity index (χ2n) is 7.45. The molecular weight excluding hydrogens is 258 g/mol. The first-order chi connectivity index (χ1) is 10.3. The molecule has 0 spiro atoms. The van der Waals surface area contributed by atoms with Crippen LogP contribution in [0.2, 0.25) is 0 Å². The van der Waals surface area contributed by atoms with Crippen molar-refractivity contribution in [1.29, 1.82) is 0 Å². The quantitative estimate of drug-likeness (QED) is 0.905. The standard InChI is InChI=1S/C19H27NO/c1-12-8-13(6-7-19(12)21-2)11-20-18-10-14-9-17(18)16-5-3-4-15(14)16/h6-8,14-18,20H,3-5,9-11H2,1-2H3. The van der Waals surface area contributed by atoms with E-state index in [1.54, 1.807) is 7.11 Å². The van der Waals surface area contributed by atoms with Gasteiger partial charge in [-0.1, -0.05) is 18.6 Å². The molecule has 0 aromatic heterocycles. The van der Waals surface area contributed by atoms with Gasteiger partial charge in [-0.25, -0.2) is 0 Å². The van der Waals surface area contributed by atoms with Crippen molar-refractivity contribution in [3.8, 4) is 5.75 Å². The number of aryl methyl sites for hydroxylation is 1. The van der Waals surface area contributed by atoms with E-state index in [0.29, 0.717) is 0 Å². The van der Waals surface area contributed by atoms with E-state index in [1.807, 2.05) is 0 Å². The summed E-state index contributed by atoms with van der Waals surface area (Å²) in [6.45, 7) is 3.14. The van der Waals surface area contributed by atoms with Gasteiger partial charge in [0.1, 0.15) is 5.75 Å². The maximum atomic E-state index is 5.35. The molecule has 4 rings (SSSR count). The van der Waals surface area contributed by atoms with Gasteiger partial charge in [-0.2, -0.15) is 0 Å². The first-order valence-electron chi connectivity index (χ1n) is 8.63. The van der Waals surface area contributed by atoms with E-state index in [1.165, 1.54) is 43.2 Å². The highest BCUT2D eigenvalue weighted by Crippen LogP contribution is 2.58. The molecule has 2 heteroatoms. The minimum Gasteiger partial charge on any atom is -0.496 e. The smallest absolute Gasteiger partial charge is 0.121 e. The molecule has 0 saturated heterocycles. The Kier molecular flexibility index (Phi) is 3.45. The summed E-state index contributed by atoms with van der Waals surface area (Å²) in [5.41, 5.74) is 2.62. The number of nitrogens with one attached hydrogen (secondary N) is 1. The van der Waals surface area contributed by atoms with Crippen molar-refractivity contribution < 1.29 is 4.74 Å². The van der Waals surface area contributed by atoms with E-state index in [4.69, 9.17) is 4.74 Å². The van der Waals surface area contributed by atoms with Crippen LogP contribution in [0.3, 0.4) is 0 Å². The molecule has 0 aliphatic heterocycles. The molecule has 1 aromatic rings. The molecule has 0 heterocycles. The SMILES string of the molecule is COc1ccc(CNC2CC3CC2C2CCCC32)cc1C. The molecule has 3 saturated carbocycles. The van der Waals surface area contributed by atoms with E-state index < -0.39 is 0 Å².